The fraction of sp³-hybridized carbons (Fsp3) is 0.923. The van der Waals surface area contributed by atoms with Crippen LogP contribution in [0.15, 0.2) is 0 Å². The summed E-state index contributed by atoms with van der Waals surface area (Å²) >= 11 is 0. The van der Waals surface area contributed by atoms with Crippen LogP contribution in [0.4, 0.5) is 0 Å². The van der Waals surface area contributed by atoms with Crippen molar-refractivity contribution in [3.63, 3.8) is 0 Å². The third-order valence-corrected chi connectivity index (χ3v) is 2.89. The lowest BCUT2D eigenvalue weighted by Gasteiger charge is -2.10. The molecule has 0 heterocycles. The first-order valence-electron chi connectivity index (χ1n) is 6.38. The molecule has 0 fully saturated rings. The molecule has 1 unspecified atom stereocenters. The molecule has 0 aliphatic heterocycles. The predicted octanol–water partition coefficient (Wildman–Crippen LogP) is 4.24. The van der Waals surface area contributed by atoms with Crippen LogP contribution in [0.2, 0.25) is 0 Å². The third kappa shape index (κ3) is 11.4. The van der Waals surface area contributed by atoms with Gasteiger partial charge >= 0.3 is 5.97 Å². The van der Waals surface area contributed by atoms with Gasteiger partial charge in [0, 0.05) is 6.42 Å². The first kappa shape index (κ1) is 14.5. The van der Waals surface area contributed by atoms with Gasteiger partial charge in [0.1, 0.15) is 0 Å². The molecule has 0 aliphatic rings. The maximum atomic E-state index is 10.3. The number of carbonyl (C=O) groups is 1. The Morgan fingerprint density at radius 2 is 1.67 bits per heavy atom. The summed E-state index contributed by atoms with van der Waals surface area (Å²) in [6.45, 7) is 4.55. The summed E-state index contributed by atoms with van der Waals surface area (Å²) in [7, 11) is 0. The Labute approximate surface area is 94.1 Å². The highest BCUT2D eigenvalue weighted by Crippen LogP contribution is 2.16. The lowest BCUT2D eigenvalue weighted by atomic mass is 9.97. The number of hydrogen-bond donors (Lipinski definition) is 1. The second kappa shape index (κ2) is 10.0. The molecule has 1 atom stereocenters. The van der Waals surface area contributed by atoms with Gasteiger partial charge in [-0.1, -0.05) is 58.8 Å². The minimum absolute atomic E-state index is 0.338. The molecular weight excluding hydrogens is 188 g/mol. The molecule has 0 spiro atoms. The number of unbranched alkanes of at least 4 members (excludes halogenated alkanes) is 4. The predicted molar refractivity (Wildman–Crippen MR) is 64.0 cm³/mol. The van der Waals surface area contributed by atoms with E-state index in [1.54, 1.807) is 0 Å². The zero-order valence-corrected chi connectivity index (χ0v) is 10.3. The number of hydrogen-bond acceptors (Lipinski definition) is 1. The van der Waals surface area contributed by atoms with Crippen LogP contribution in [0.1, 0.15) is 71.6 Å². The lowest BCUT2D eigenvalue weighted by Crippen LogP contribution is -1.96. The average molecular weight is 214 g/mol. The van der Waals surface area contributed by atoms with Gasteiger partial charge in [-0.2, -0.15) is 0 Å². The molecule has 2 heteroatoms. The zero-order chi connectivity index (χ0) is 11.5. The van der Waals surface area contributed by atoms with Crippen LogP contribution in [-0.4, -0.2) is 11.1 Å². The summed E-state index contributed by atoms with van der Waals surface area (Å²) in [6.07, 6.45) is 10.1. The number of carboxylic acid groups (broad SMARTS) is 1. The summed E-state index contributed by atoms with van der Waals surface area (Å²) in [4.78, 5) is 10.3. The van der Waals surface area contributed by atoms with Gasteiger partial charge in [0.05, 0.1) is 0 Å². The summed E-state index contributed by atoms with van der Waals surface area (Å²) < 4.78 is 0. The maximum Gasteiger partial charge on any atom is 0.303 e. The van der Waals surface area contributed by atoms with E-state index in [1.165, 1.54) is 38.5 Å². The quantitative estimate of drug-likeness (QED) is 0.552. The Kier molecular flexibility index (Phi) is 9.65. The molecule has 0 amide bonds. The van der Waals surface area contributed by atoms with Gasteiger partial charge in [0.2, 0.25) is 0 Å². The van der Waals surface area contributed by atoms with Gasteiger partial charge in [-0.15, -0.1) is 0 Å². The third-order valence-electron chi connectivity index (χ3n) is 2.89. The van der Waals surface area contributed by atoms with Crippen LogP contribution in [0.25, 0.3) is 0 Å². The highest BCUT2D eigenvalue weighted by Gasteiger charge is 2.02. The van der Waals surface area contributed by atoms with Gasteiger partial charge in [0.25, 0.3) is 0 Å². The second-order valence-electron chi connectivity index (χ2n) is 4.59. The standard InChI is InChI=1S/C13H26O2/c1-3-4-6-9-12(2)10-7-5-8-11-13(14)15/h12H,3-11H2,1-2H3,(H,14,15). The second-order valence-corrected chi connectivity index (χ2v) is 4.59. The van der Waals surface area contributed by atoms with Crippen LogP contribution in [-0.2, 0) is 4.79 Å². The molecular formula is C13H26O2. The highest BCUT2D eigenvalue weighted by molar-refractivity contribution is 5.66. The summed E-state index contributed by atoms with van der Waals surface area (Å²) in [5, 5.41) is 8.47. The van der Waals surface area contributed by atoms with Crippen molar-refractivity contribution in [1.29, 1.82) is 0 Å². The molecule has 0 saturated carbocycles. The molecule has 0 bridgehead atoms. The minimum atomic E-state index is -0.661. The van der Waals surface area contributed by atoms with E-state index < -0.39 is 5.97 Å². The van der Waals surface area contributed by atoms with Crippen molar-refractivity contribution in [2.75, 3.05) is 0 Å². The zero-order valence-electron chi connectivity index (χ0n) is 10.3. The van der Waals surface area contributed by atoms with E-state index in [0.717, 1.165) is 18.8 Å². The van der Waals surface area contributed by atoms with E-state index >= 15 is 0 Å². The smallest absolute Gasteiger partial charge is 0.303 e. The van der Waals surface area contributed by atoms with E-state index in [0.29, 0.717) is 6.42 Å². The van der Waals surface area contributed by atoms with E-state index in [1.807, 2.05) is 0 Å². The van der Waals surface area contributed by atoms with Gasteiger partial charge in [-0.05, 0) is 12.3 Å². The Balaban J connectivity index is 3.16. The van der Waals surface area contributed by atoms with Crippen LogP contribution < -0.4 is 0 Å². The Bertz CT molecular complexity index is 155. The number of aliphatic carboxylic acids is 1. The highest BCUT2D eigenvalue weighted by atomic mass is 16.4. The average Bonchev–Trinajstić information content (AvgIpc) is 2.17. The van der Waals surface area contributed by atoms with Crippen molar-refractivity contribution >= 4 is 5.97 Å². The fourth-order valence-corrected chi connectivity index (χ4v) is 1.83. The van der Waals surface area contributed by atoms with Crippen molar-refractivity contribution in [2.24, 2.45) is 5.92 Å². The van der Waals surface area contributed by atoms with E-state index in [2.05, 4.69) is 13.8 Å². The molecule has 0 rings (SSSR count). The minimum Gasteiger partial charge on any atom is -0.481 e. The fourth-order valence-electron chi connectivity index (χ4n) is 1.83. The van der Waals surface area contributed by atoms with Crippen molar-refractivity contribution in [3.05, 3.63) is 0 Å². The van der Waals surface area contributed by atoms with Gasteiger partial charge in [0.15, 0.2) is 0 Å². The Morgan fingerprint density at radius 1 is 1.07 bits per heavy atom. The number of carboxylic acids is 1. The van der Waals surface area contributed by atoms with Crippen LogP contribution in [0, 0.1) is 5.92 Å². The molecule has 0 aliphatic carbocycles. The molecule has 0 radical (unpaired) electrons. The molecule has 0 aromatic carbocycles. The van der Waals surface area contributed by atoms with E-state index in [4.69, 9.17) is 5.11 Å². The van der Waals surface area contributed by atoms with Crippen molar-refractivity contribution < 1.29 is 9.90 Å². The van der Waals surface area contributed by atoms with Crippen LogP contribution in [0.5, 0.6) is 0 Å². The monoisotopic (exact) mass is 214 g/mol. The summed E-state index contributed by atoms with van der Waals surface area (Å²) in [5.41, 5.74) is 0. The lowest BCUT2D eigenvalue weighted by molar-refractivity contribution is -0.137. The molecule has 1 N–H and O–H groups in total. The molecule has 0 saturated heterocycles. The molecule has 0 aromatic rings. The maximum absolute atomic E-state index is 10.3. The Hall–Kier alpha value is -0.530. The number of rotatable bonds is 10. The Morgan fingerprint density at radius 3 is 2.20 bits per heavy atom. The molecule has 0 aromatic heterocycles. The molecule has 15 heavy (non-hydrogen) atoms. The van der Waals surface area contributed by atoms with Crippen LogP contribution in [0.3, 0.4) is 0 Å². The van der Waals surface area contributed by atoms with Gasteiger partial charge in [-0.3, -0.25) is 4.79 Å². The van der Waals surface area contributed by atoms with Crippen molar-refractivity contribution in [2.45, 2.75) is 71.6 Å². The topological polar surface area (TPSA) is 37.3 Å². The van der Waals surface area contributed by atoms with Crippen LogP contribution >= 0.6 is 0 Å². The van der Waals surface area contributed by atoms with E-state index in [9.17, 15) is 4.79 Å². The first-order valence-corrected chi connectivity index (χ1v) is 6.38. The summed E-state index contributed by atoms with van der Waals surface area (Å²) in [6, 6.07) is 0. The summed E-state index contributed by atoms with van der Waals surface area (Å²) in [5.74, 6) is 0.160. The SMILES string of the molecule is CCCCCC(C)CCCCCC(=O)O. The van der Waals surface area contributed by atoms with Gasteiger partial charge in [-0.25, -0.2) is 0 Å². The largest absolute Gasteiger partial charge is 0.481 e. The molecule has 90 valence electrons. The van der Waals surface area contributed by atoms with E-state index in [-0.39, 0.29) is 0 Å². The molecule has 2 nitrogen and oxygen atoms in total. The van der Waals surface area contributed by atoms with Gasteiger partial charge < -0.3 is 5.11 Å². The van der Waals surface area contributed by atoms with Crippen molar-refractivity contribution in [1.82, 2.24) is 0 Å². The normalized spacial score (nSPS) is 12.7. The first-order chi connectivity index (χ1) is 7.16. The van der Waals surface area contributed by atoms with Crippen molar-refractivity contribution in [3.8, 4) is 0 Å².